The highest BCUT2D eigenvalue weighted by atomic mass is 127. The Morgan fingerprint density at radius 1 is 1.17 bits per heavy atom. The van der Waals surface area contributed by atoms with Crippen LogP contribution in [0.15, 0.2) is 4.99 Å². The summed E-state index contributed by atoms with van der Waals surface area (Å²) in [6.07, 6.45) is 8.90. The number of hydrogen-bond donors (Lipinski definition) is 2. The maximum Gasteiger partial charge on any atom is 0.211 e. The molecule has 0 aromatic carbocycles. The van der Waals surface area contributed by atoms with Crippen LogP contribution >= 0.6 is 24.0 Å². The van der Waals surface area contributed by atoms with Gasteiger partial charge in [0, 0.05) is 33.2 Å². The van der Waals surface area contributed by atoms with Crippen LogP contribution in [0.3, 0.4) is 0 Å². The van der Waals surface area contributed by atoms with E-state index in [-0.39, 0.29) is 29.7 Å². The molecule has 0 atom stereocenters. The molecule has 1 saturated heterocycles. The Morgan fingerprint density at radius 2 is 1.88 bits per heavy atom. The summed E-state index contributed by atoms with van der Waals surface area (Å²) in [7, 11) is -1.25. The molecule has 1 aliphatic carbocycles. The first kappa shape index (κ1) is 22.0. The van der Waals surface area contributed by atoms with Gasteiger partial charge < -0.3 is 10.2 Å². The number of halogens is 1. The van der Waals surface area contributed by atoms with Crippen molar-refractivity contribution in [2.24, 2.45) is 10.4 Å². The third-order valence-electron chi connectivity index (χ3n) is 5.20. The summed E-state index contributed by atoms with van der Waals surface area (Å²) in [5, 5.41) is 3.38. The molecule has 0 unspecified atom stereocenters. The number of nitrogens with zero attached hydrogens (tertiary/aromatic N) is 2. The van der Waals surface area contributed by atoms with E-state index < -0.39 is 10.0 Å². The van der Waals surface area contributed by atoms with Crippen molar-refractivity contribution >= 4 is 40.0 Å². The number of hydrogen-bond acceptors (Lipinski definition) is 3. The Bertz CT molecular complexity index is 504. The Labute approximate surface area is 164 Å². The molecule has 1 aliphatic heterocycles. The summed E-state index contributed by atoms with van der Waals surface area (Å²) in [4.78, 5) is 6.78. The van der Waals surface area contributed by atoms with Crippen LogP contribution in [-0.2, 0) is 10.0 Å². The molecule has 0 bridgehead atoms. The Kier molecular flexibility index (Phi) is 9.29. The summed E-state index contributed by atoms with van der Waals surface area (Å²) in [5.41, 5.74) is 0.520. The lowest BCUT2D eigenvalue weighted by Crippen LogP contribution is -2.42. The molecule has 1 saturated carbocycles. The molecule has 0 radical (unpaired) electrons. The lowest BCUT2D eigenvalue weighted by Gasteiger charge is -2.33. The molecule has 6 nitrogen and oxygen atoms in total. The molecule has 2 aliphatic rings. The monoisotopic (exact) mass is 472 g/mol. The van der Waals surface area contributed by atoms with Gasteiger partial charge in [-0.2, -0.15) is 0 Å². The number of likely N-dealkylation sites (tertiary alicyclic amines) is 1. The van der Waals surface area contributed by atoms with E-state index in [1.807, 2.05) is 7.05 Å². The molecule has 2 rings (SSSR count). The molecule has 0 aromatic rings. The zero-order chi connectivity index (χ0) is 16.8. The van der Waals surface area contributed by atoms with Crippen molar-refractivity contribution in [3.05, 3.63) is 0 Å². The summed E-state index contributed by atoms with van der Waals surface area (Å²) in [6, 6.07) is 0. The number of rotatable bonds is 6. The van der Waals surface area contributed by atoms with E-state index in [2.05, 4.69) is 19.9 Å². The van der Waals surface area contributed by atoms with Crippen LogP contribution in [0.5, 0.6) is 0 Å². The molecule has 0 amide bonds. The van der Waals surface area contributed by atoms with Gasteiger partial charge in [0.1, 0.15) is 0 Å². The van der Waals surface area contributed by atoms with Crippen molar-refractivity contribution in [3.63, 3.8) is 0 Å². The Balaban J connectivity index is 0.00000288. The molecule has 0 aromatic heterocycles. The smallest absolute Gasteiger partial charge is 0.211 e. The second-order valence-electron chi connectivity index (χ2n) is 6.86. The van der Waals surface area contributed by atoms with Crippen molar-refractivity contribution in [2.45, 2.75) is 51.9 Å². The van der Waals surface area contributed by atoms with Crippen LogP contribution in [-0.4, -0.2) is 58.3 Å². The van der Waals surface area contributed by atoms with Crippen LogP contribution in [0.1, 0.15) is 51.9 Å². The fourth-order valence-electron chi connectivity index (χ4n) is 3.78. The summed E-state index contributed by atoms with van der Waals surface area (Å²) >= 11 is 0. The van der Waals surface area contributed by atoms with Gasteiger partial charge in [0.05, 0.1) is 5.75 Å². The van der Waals surface area contributed by atoms with Crippen molar-refractivity contribution < 1.29 is 8.42 Å². The van der Waals surface area contributed by atoms with Gasteiger partial charge >= 0.3 is 0 Å². The topological polar surface area (TPSA) is 73.8 Å². The second kappa shape index (κ2) is 10.2. The van der Waals surface area contributed by atoms with Crippen LogP contribution in [0, 0.1) is 5.41 Å². The average molecular weight is 472 g/mol. The van der Waals surface area contributed by atoms with Crippen molar-refractivity contribution in [2.75, 3.05) is 39.0 Å². The Morgan fingerprint density at radius 3 is 2.50 bits per heavy atom. The minimum atomic E-state index is -3.08. The summed E-state index contributed by atoms with van der Waals surface area (Å²) in [6.45, 7) is 5.07. The highest BCUT2D eigenvalue weighted by molar-refractivity contribution is 14.0. The average Bonchev–Trinajstić information content (AvgIpc) is 2.95. The zero-order valence-electron chi connectivity index (χ0n) is 15.0. The van der Waals surface area contributed by atoms with Gasteiger partial charge in [-0.1, -0.05) is 19.3 Å². The molecule has 8 heteroatoms. The fourth-order valence-corrected chi connectivity index (χ4v) is 4.44. The molecule has 2 fully saturated rings. The molecule has 1 heterocycles. The van der Waals surface area contributed by atoms with E-state index in [9.17, 15) is 8.42 Å². The highest BCUT2D eigenvalue weighted by Gasteiger charge is 2.39. The lowest BCUT2D eigenvalue weighted by molar-refractivity contribution is 0.203. The van der Waals surface area contributed by atoms with Gasteiger partial charge in [-0.15, -0.1) is 24.0 Å². The molecule has 142 valence electrons. The van der Waals surface area contributed by atoms with Crippen LogP contribution in [0.25, 0.3) is 0 Å². The quantitative estimate of drug-likeness (QED) is 0.269. The van der Waals surface area contributed by atoms with E-state index in [1.54, 1.807) is 6.92 Å². The fraction of sp³-hybridized carbons (Fsp3) is 0.938. The highest BCUT2D eigenvalue weighted by Crippen LogP contribution is 2.43. The number of guanidine groups is 1. The SMILES string of the molecule is CCS(=O)(=O)NCCCNC(=NC)N1CCC2(CCCCC2)C1.I. The van der Waals surface area contributed by atoms with Gasteiger partial charge in [0.2, 0.25) is 10.0 Å². The first-order valence-electron chi connectivity index (χ1n) is 8.93. The lowest BCUT2D eigenvalue weighted by atomic mass is 9.73. The van der Waals surface area contributed by atoms with E-state index in [1.165, 1.54) is 38.5 Å². The summed E-state index contributed by atoms with van der Waals surface area (Å²) < 4.78 is 25.3. The van der Waals surface area contributed by atoms with Crippen molar-refractivity contribution in [3.8, 4) is 0 Å². The standard InChI is InChI=1S/C16H32N4O2S.HI/c1-3-23(21,22)19-12-7-11-18-15(17-2)20-13-10-16(14-20)8-5-4-6-9-16;/h19H,3-14H2,1-2H3,(H,17,18);1H. The normalized spacial score (nSPS) is 20.9. The predicted octanol–water partition coefficient (Wildman–Crippen LogP) is 2.17. The first-order chi connectivity index (χ1) is 11.0. The largest absolute Gasteiger partial charge is 0.356 e. The maximum absolute atomic E-state index is 11.4. The molecular formula is C16H33IN4O2S. The Hall–Kier alpha value is -0.0900. The van der Waals surface area contributed by atoms with Gasteiger partial charge in [-0.05, 0) is 38.0 Å². The molecule has 2 N–H and O–H groups in total. The second-order valence-corrected chi connectivity index (χ2v) is 8.95. The van der Waals surface area contributed by atoms with Gasteiger partial charge in [0.25, 0.3) is 0 Å². The minimum Gasteiger partial charge on any atom is -0.356 e. The number of nitrogens with one attached hydrogen (secondary N) is 2. The van der Waals surface area contributed by atoms with E-state index in [4.69, 9.17) is 0 Å². The molecular weight excluding hydrogens is 439 g/mol. The summed E-state index contributed by atoms with van der Waals surface area (Å²) in [5.74, 6) is 1.10. The maximum atomic E-state index is 11.4. The van der Waals surface area contributed by atoms with Crippen LogP contribution < -0.4 is 10.0 Å². The van der Waals surface area contributed by atoms with Crippen molar-refractivity contribution in [1.82, 2.24) is 14.9 Å². The van der Waals surface area contributed by atoms with Gasteiger partial charge in [-0.3, -0.25) is 4.99 Å². The zero-order valence-corrected chi connectivity index (χ0v) is 18.2. The van der Waals surface area contributed by atoms with E-state index >= 15 is 0 Å². The van der Waals surface area contributed by atoms with Gasteiger partial charge in [0.15, 0.2) is 5.96 Å². The van der Waals surface area contributed by atoms with Crippen LogP contribution in [0.4, 0.5) is 0 Å². The van der Waals surface area contributed by atoms with Gasteiger partial charge in [-0.25, -0.2) is 13.1 Å². The van der Waals surface area contributed by atoms with E-state index in [0.29, 0.717) is 12.0 Å². The minimum absolute atomic E-state index is 0. The van der Waals surface area contributed by atoms with Crippen LogP contribution in [0.2, 0.25) is 0 Å². The third kappa shape index (κ3) is 6.33. The number of sulfonamides is 1. The van der Waals surface area contributed by atoms with Crippen molar-refractivity contribution in [1.29, 1.82) is 0 Å². The first-order valence-corrected chi connectivity index (χ1v) is 10.6. The number of aliphatic imine (C=N–C) groups is 1. The molecule has 24 heavy (non-hydrogen) atoms. The predicted molar refractivity (Wildman–Crippen MR) is 111 cm³/mol. The van der Waals surface area contributed by atoms with E-state index in [0.717, 1.165) is 32.0 Å². The molecule has 1 spiro atoms. The third-order valence-corrected chi connectivity index (χ3v) is 6.61.